The van der Waals surface area contributed by atoms with Crippen LogP contribution in [-0.4, -0.2) is 73.9 Å². The van der Waals surface area contributed by atoms with Gasteiger partial charge in [0.15, 0.2) is 6.29 Å². The lowest BCUT2D eigenvalue weighted by atomic mass is 10.2. The highest BCUT2D eigenvalue weighted by atomic mass is 32.1. The third-order valence-electron chi connectivity index (χ3n) is 5.81. The smallest absolute Gasteiger partial charge is 0.247 e. The zero-order valence-electron chi connectivity index (χ0n) is 21.2. The molecule has 0 fully saturated rings. The molecule has 0 radical (unpaired) electrons. The number of amides is 1. The van der Waals surface area contributed by atoms with Crippen molar-refractivity contribution in [1.82, 2.24) is 20.0 Å². The van der Waals surface area contributed by atoms with Crippen LogP contribution in [0.15, 0.2) is 53.5 Å². The Morgan fingerprint density at radius 1 is 1.31 bits per heavy atom. The van der Waals surface area contributed by atoms with Crippen LogP contribution >= 0.6 is 11.3 Å². The van der Waals surface area contributed by atoms with Gasteiger partial charge in [0.2, 0.25) is 5.91 Å². The molecule has 0 saturated carbocycles. The molecule has 1 amide bonds. The number of carbonyl (C=O) groups excluding carboxylic acids is 1. The zero-order chi connectivity index (χ0) is 25.8. The van der Waals surface area contributed by atoms with Gasteiger partial charge in [0.25, 0.3) is 0 Å². The second-order valence-corrected chi connectivity index (χ2v) is 9.57. The number of nitrogens with one attached hydrogen (secondary N) is 3. The Morgan fingerprint density at radius 2 is 2.11 bits per heavy atom. The summed E-state index contributed by atoms with van der Waals surface area (Å²) >= 11 is 1.64. The van der Waals surface area contributed by atoms with Crippen LogP contribution in [0.2, 0.25) is 0 Å². The van der Waals surface area contributed by atoms with Crippen LogP contribution < -0.4 is 25.6 Å². The van der Waals surface area contributed by atoms with E-state index in [2.05, 4.69) is 48.9 Å². The molecule has 3 aromatic rings. The van der Waals surface area contributed by atoms with Crippen molar-refractivity contribution >= 4 is 50.2 Å². The number of allylic oxidation sites excluding steroid dienone is 1. The van der Waals surface area contributed by atoms with Gasteiger partial charge < -0.3 is 30.5 Å². The summed E-state index contributed by atoms with van der Waals surface area (Å²) in [6.07, 6.45) is 4.56. The minimum Gasteiger partial charge on any atom is -0.495 e. The maximum Gasteiger partial charge on any atom is 0.247 e. The van der Waals surface area contributed by atoms with Crippen LogP contribution in [-0.2, 0) is 11.8 Å². The van der Waals surface area contributed by atoms with Gasteiger partial charge in [-0.15, -0.1) is 11.3 Å². The highest BCUT2D eigenvalue weighted by molar-refractivity contribution is 7.17. The van der Waals surface area contributed by atoms with Crippen molar-refractivity contribution in [3.63, 3.8) is 0 Å². The Bertz CT molecular complexity index is 1320. The highest BCUT2D eigenvalue weighted by Gasteiger charge is 2.21. The molecule has 1 unspecified atom stereocenters. The number of aromatic nitrogens is 2. The van der Waals surface area contributed by atoms with E-state index in [0.29, 0.717) is 17.1 Å². The summed E-state index contributed by atoms with van der Waals surface area (Å²) in [5.74, 6) is 0.340. The molecular formula is C25H32N8O2S. The molecule has 1 aromatic carbocycles. The van der Waals surface area contributed by atoms with Crippen molar-refractivity contribution in [2.24, 2.45) is 12.0 Å². The second kappa shape index (κ2) is 10.8. The van der Waals surface area contributed by atoms with E-state index in [1.54, 1.807) is 18.4 Å². The van der Waals surface area contributed by atoms with E-state index in [1.807, 2.05) is 57.3 Å². The molecule has 1 atom stereocenters. The summed E-state index contributed by atoms with van der Waals surface area (Å²) < 4.78 is 8.67. The van der Waals surface area contributed by atoms with Crippen molar-refractivity contribution in [2.75, 3.05) is 56.9 Å². The van der Waals surface area contributed by atoms with Crippen molar-refractivity contribution in [2.45, 2.75) is 6.29 Å². The fraction of sp³-hybridized carbons (Fsp3) is 0.320. The van der Waals surface area contributed by atoms with Gasteiger partial charge in [-0.2, -0.15) is 5.10 Å². The second-order valence-electron chi connectivity index (χ2n) is 8.66. The summed E-state index contributed by atoms with van der Waals surface area (Å²) in [5, 5.41) is 16.3. The minimum atomic E-state index is -0.462. The lowest BCUT2D eigenvalue weighted by molar-refractivity contribution is -0.111. The Balaban J connectivity index is 1.65. The molecule has 0 aliphatic carbocycles. The molecule has 2 aromatic heterocycles. The van der Waals surface area contributed by atoms with E-state index in [0.717, 1.165) is 40.4 Å². The maximum atomic E-state index is 12.2. The molecule has 1 aliphatic heterocycles. The summed E-state index contributed by atoms with van der Waals surface area (Å²) in [5.41, 5.74) is 4.86. The van der Waals surface area contributed by atoms with E-state index in [9.17, 15) is 4.79 Å². The van der Waals surface area contributed by atoms with E-state index >= 15 is 0 Å². The Labute approximate surface area is 214 Å². The van der Waals surface area contributed by atoms with Crippen LogP contribution in [0, 0.1) is 0 Å². The van der Waals surface area contributed by atoms with Gasteiger partial charge in [-0.25, -0.2) is 4.99 Å². The molecule has 1 aliphatic rings. The van der Waals surface area contributed by atoms with Gasteiger partial charge >= 0.3 is 0 Å². The van der Waals surface area contributed by atoms with E-state index in [1.165, 1.54) is 6.08 Å². The molecule has 0 saturated heterocycles. The Morgan fingerprint density at radius 3 is 2.83 bits per heavy atom. The van der Waals surface area contributed by atoms with Gasteiger partial charge in [0.1, 0.15) is 11.4 Å². The first-order valence-electron chi connectivity index (χ1n) is 11.5. The molecule has 3 heterocycles. The summed E-state index contributed by atoms with van der Waals surface area (Å²) in [7, 11) is 9.58. The number of likely N-dealkylation sites (N-methyl/N-ethyl adjacent to an activating group) is 2. The van der Waals surface area contributed by atoms with Gasteiger partial charge in [-0.1, -0.05) is 6.58 Å². The van der Waals surface area contributed by atoms with Crippen molar-refractivity contribution in [1.29, 1.82) is 0 Å². The van der Waals surface area contributed by atoms with Gasteiger partial charge in [-0.3, -0.25) is 9.48 Å². The number of aliphatic imine (C=N–C) groups is 1. The first-order chi connectivity index (χ1) is 17.3. The molecule has 10 nitrogen and oxygen atoms in total. The van der Waals surface area contributed by atoms with E-state index in [4.69, 9.17) is 9.73 Å². The number of nitrogens with zero attached hydrogens (tertiary/aromatic N) is 5. The van der Waals surface area contributed by atoms with Crippen LogP contribution in [0.5, 0.6) is 5.75 Å². The molecule has 190 valence electrons. The third kappa shape index (κ3) is 5.37. The molecule has 4 rings (SSSR count). The lowest BCUT2D eigenvalue weighted by Crippen LogP contribution is -2.34. The Kier molecular flexibility index (Phi) is 7.61. The van der Waals surface area contributed by atoms with Gasteiger partial charge in [-0.05, 0) is 43.8 Å². The monoisotopic (exact) mass is 508 g/mol. The fourth-order valence-electron chi connectivity index (χ4n) is 3.87. The van der Waals surface area contributed by atoms with Crippen LogP contribution in [0.4, 0.5) is 17.1 Å². The molecule has 36 heavy (non-hydrogen) atoms. The molecule has 0 bridgehead atoms. The fourth-order valence-corrected chi connectivity index (χ4v) is 4.78. The predicted octanol–water partition coefficient (Wildman–Crippen LogP) is 3.07. The van der Waals surface area contributed by atoms with Gasteiger partial charge in [0.05, 0.1) is 40.1 Å². The number of thiophene rings is 1. The first kappa shape index (κ1) is 25.3. The normalized spacial score (nSPS) is 14.9. The van der Waals surface area contributed by atoms with Crippen LogP contribution in [0.1, 0.15) is 5.69 Å². The first-order valence-corrected chi connectivity index (χ1v) is 12.4. The number of carbonyl (C=O) groups is 1. The number of ether oxygens (including phenoxy) is 1. The number of methoxy groups -OCH3 is 1. The number of hydrogen-bond acceptors (Lipinski definition) is 9. The average molecular weight is 509 g/mol. The quantitative estimate of drug-likeness (QED) is 0.362. The number of benzene rings is 1. The summed E-state index contributed by atoms with van der Waals surface area (Å²) in [6, 6.07) is 5.82. The number of aryl methyl sites for hydroxylation is 1. The third-order valence-corrected chi connectivity index (χ3v) is 6.72. The predicted molar refractivity (Wildman–Crippen MR) is 148 cm³/mol. The van der Waals surface area contributed by atoms with Gasteiger partial charge in [0, 0.05) is 39.5 Å². The molecule has 0 spiro atoms. The van der Waals surface area contributed by atoms with Crippen molar-refractivity contribution in [3.8, 4) is 5.75 Å². The molecule has 3 N–H and O–H groups in total. The lowest BCUT2D eigenvalue weighted by Gasteiger charge is -2.27. The Hall–Kier alpha value is -3.83. The topological polar surface area (TPSA) is 99.0 Å². The van der Waals surface area contributed by atoms with Crippen LogP contribution in [0.25, 0.3) is 10.2 Å². The van der Waals surface area contributed by atoms with E-state index < -0.39 is 6.29 Å². The standard InChI is InChI=1S/C25H32N8O2S/c1-7-22(34)27-17-14-18(21(35-6)15-20(17)32(4)12-11-31(2)3)29-25-26-10-8-16(28-25)23-24-19(9-13-36-24)33(5)30-23/h7-10,13-15,25-26,29H,1,11-12H2,2-6H3,(H,27,34). The number of hydrogen-bond donors (Lipinski definition) is 3. The SMILES string of the molecule is C=CC(=O)Nc1cc(NC2N=C(c3nn(C)c4ccsc34)C=CN2)c(OC)cc1N(C)CCN(C)C. The molecule has 11 heteroatoms. The largest absolute Gasteiger partial charge is 0.495 e. The number of anilines is 3. The highest BCUT2D eigenvalue weighted by Crippen LogP contribution is 2.37. The van der Waals surface area contributed by atoms with E-state index in [-0.39, 0.29) is 5.91 Å². The zero-order valence-corrected chi connectivity index (χ0v) is 22.0. The summed E-state index contributed by atoms with van der Waals surface area (Å²) in [4.78, 5) is 21.2. The van der Waals surface area contributed by atoms with Crippen LogP contribution in [0.3, 0.4) is 0 Å². The van der Waals surface area contributed by atoms with Crippen molar-refractivity contribution < 1.29 is 9.53 Å². The van der Waals surface area contributed by atoms with Crippen molar-refractivity contribution in [3.05, 3.63) is 54.2 Å². The summed E-state index contributed by atoms with van der Waals surface area (Å²) in [6.45, 7) is 5.21. The minimum absolute atomic E-state index is 0.289. The number of fused-ring (bicyclic) bond motifs is 1. The number of rotatable bonds is 10. The average Bonchev–Trinajstić information content (AvgIpc) is 3.47. The maximum absolute atomic E-state index is 12.2. The molecular weight excluding hydrogens is 476 g/mol.